The highest BCUT2D eigenvalue weighted by Crippen LogP contribution is 2.15. The number of aromatic nitrogens is 2. The molecule has 162 valence electrons. The van der Waals surface area contributed by atoms with E-state index < -0.39 is 0 Å². The van der Waals surface area contributed by atoms with E-state index in [4.69, 9.17) is 4.98 Å². The zero-order valence-corrected chi connectivity index (χ0v) is 17.9. The number of nitrogens with zero attached hydrogens (tertiary/aromatic N) is 3. The third-order valence-corrected chi connectivity index (χ3v) is 5.85. The fourth-order valence-electron chi connectivity index (χ4n) is 4.04. The van der Waals surface area contributed by atoms with Crippen LogP contribution < -0.4 is 10.9 Å². The molecule has 31 heavy (non-hydrogen) atoms. The second-order valence-electron chi connectivity index (χ2n) is 8.23. The first-order valence-corrected chi connectivity index (χ1v) is 10.7. The molecule has 4 rings (SSSR count). The van der Waals surface area contributed by atoms with Gasteiger partial charge in [0.1, 0.15) is 11.6 Å². The minimum Gasteiger partial charge on any atom is -0.352 e. The van der Waals surface area contributed by atoms with Gasteiger partial charge in [-0.2, -0.15) is 0 Å². The molecule has 6 nitrogen and oxygen atoms in total. The SMILES string of the molecule is CC(C)N1CCc2nc3cc(C(=O)NCCc4cccc(F)c4)ccc3c(=O)n2CC1. The number of nitrogens with one attached hydrogen (secondary N) is 1. The predicted molar refractivity (Wildman–Crippen MR) is 119 cm³/mol. The second kappa shape index (κ2) is 8.98. The number of carbonyl (C=O) groups is 1. The van der Waals surface area contributed by atoms with Gasteiger partial charge in [0.25, 0.3) is 11.5 Å². The number of rotatable bonds is 5. The van der Waals surface area contributed by atoms with Crippen LogP contribution in [0.4, 0.5) is 4.39 Å². The van der Waals surface area contributed by atoms with Gasteiger partial charge >= 0.3 is 0 Å². The molecular formula is C24H27FN4O2. The van der Waals surface area contributed by atoms with Gasteiger partial charge in [0.2, 0.25) is 0 Å². The predicted octanol–water partition coefficient (Wildman–Crippen LogP) is 2.77. The van der Waals surface area contributed by atoms with Crippen LogP contribution in [-0.4, -0.2) is 46.0 Å². The molecule has 1 aliphatic rings. The maximum absolute atomic E-state index is 13.3. The van der Waals surface area contributed by atoms with E-state index in [1.54, 1.807) is 28.8 Å². The van der Waals surface area contributed by atoms with Crippen LogP contribution in [0, 0.1) is 5.82 Å². The number of fused-ring (bicyclic) bond motifs is 2. The van der Waals surface area contributed by atoms with Crippen molar-refractivity contribution in [1.29, 1.82) is 0 Å². The lowest BCUT2D eigenvalue weighted by molar-refractivity contribution is 0.0954. The molecule has 7 heteroatoms. The average molecular weight is 423 g/mol. The van der Waals surface area contributed by atoms with Crippen LogP contribution in [0.2, 0.25) is 0 Å². The molecule has 1 N–H and O–H groups in total. The highest BCUT2D eigenvalue weighted by molar-refractivity contribution is 5.97. The Labute approximate surface area is 180 Å². The maximum Gasteiger partial charge on any atom is 0.261 e. The van der Waals surface area contributed by atoms with Gasteiger partial charge < -0.3 is 5.32 Å². The quantitative estimate of drug-likeness (QED) is 0.687. The molecule has 0 saturated carbocycles. The summed E-state index contributed by atoms with van der Waals surface area (Å²) in [5, 5.41) is 3.38. The summed E-state index contributed by atoms with van der Waals surface area (Å²) in [4.78, 5) is 32.7. The first-order chi connectivity index (χ1) is 14.9. The van der Waals surface area contributed by atoms with Gasteiger partial charge in [-0.1, -0.05) is 12.1 Å². The zero-order valence-electron chi connectivity index (χ0n) is 17.9. The minimum absolute atomic E-state index is 0.0522. The number of benzene rings is 2. The molecule has 0 unspecified atom stereocenters. The molecule has 0 aliphatic carbocycles. The standard InChI is InChI=1S/C24H27FN4O2/c1-16(2)28-11-9-22-27-21-15-18(6-7-20(21)24(31)29(22)13-12-28)23(30)26-10-8-17-4-3-5-19(25)14-17/h3-7,14-16H,8-13H2,1-2H3,(H,26,30). The molecule has 0 fully saturated rings. The van der Waals surface area contributed by atoms with Gasteiger partial charge in [-0.05, 0) is 56.2 Å². The molecule has 1 amide bonds. The molecule has 1 aromatic heterocycles. The Morgan fingerprint density at radius 1 is 1.16 bits per heavy atom. The fourth-order valence-corrected chi connectivity index (χ4v) is 4.04. The Hall–Kier alpha value is -3.06. The summed E-state index contributed by atoms with van der Waals surface area (Å²) in [5.41, 5.74) is 1.78. The lowest BCUT2D eigenvalue weighted by atomic mass is 10.1. The largest absolute Gasteiger partial charge is 0.352 e. The molecule has 0 atom stereocenters. The fraction of sp³-hybridized carbons (Fsp3) is 0.375. The summed E-state index contributed by atoms with van der Waals surface area (Å²) < 4.78 is 15.0. The monoisotopic (exact) mass is 422 g/mol. The van der Waals surface area contributed by atoms with Gasteiger partial charge in [0.05, 0.1) is 10.9 Å². The lowest BCUT2D eigenvalue weighted by Gasteiger charge is -2.23. The van der Waals surface area contributed by atoms with Crippen molar-refractivity contribution in [2.24, 2.45) is 0 Å². The number of hydrogen-bond donors (Lipinski definition) is 1. The van der Waals surface area contributed by atoms with E-state index in [9.17, 15) is 14.0 Å². The maximum atomic E-state index is 13.3. The normalized spacial score (nSPS) is 14.5. The lowest BCUT2D eigenvalue weighted by Crippen LogP contribution is -2.34. The second-order valence-corrected chi connectivity index (χ2v) is 8.23. The Morgan fingerprint density at radius 2 is 2.00 bits per heavy atom. The topological polar surface area (TPSA) is 67.2 Å². The first-order valence-electron chi connectivity index (χ1n) is 10.7. The van der Waals surface area contributed by atoms with E-state index in [0.29, 0.717) is 48.4 Å². The molecule has 0 saturated heterocycles. The zero-order chi connectivity index (χ0) is 22.0. The average Bonchev–Trinajstić information content (AvgIpc) is 2.96. The first kappa shape index (κ1) is 21.2. The van der Waals surface area contributed by atoms with Crippen LogP contribution in [0.3, 0.4) is 0 Å². The summed E-state index contributed by atoms with van der Waals surface area (Å²) in [6.07, 6.45) is 1.24. The molecule has 2 heterocycles. The van der Waals surface area contributed by atoms with Gasteiger partial charge in [0, 0.05) is 44.2 Å². The van der Waals surface area contributed by atoms with Crippen molar-refractivity contribution in [3.05, 3.63) is 75.6 Å². The van der Waals surface area contributed by atoms with Crippen molar-refractivity contribution in [2.45, 2.75) is 39.3 Å². The van der Waals surface area contributed by atoms with Crippen LogP contribution in [-0.2, 0) is 19.4 Å². The van der Waals surface area contributed by atoms with Crippen LogP contribution in [0.25, 0.3) is 10.9 Å². The van der Waals surface area contributed by atoms with Gasteiger partial charge in [-0.3, -0.25) is 19.1 Å². The smallest absolute Gasteiger partial charge is 0.261 e. The van der Waals surface area contributed by atoms with E-state index in [-0.39, 0.29) is 17.3 Å². The Bertz CT molecular complexity index is 1170. The van der Waals surface area contributed by atoms with E-state index >= 15 is 0 Å². The van der Waals surface area contributed by atoms with Crippen LogP contribution in [0.5, 0.6) is 0 Å². The van der Waals surface area contributed by atoms with Crippen molar-refractivity contribution in [1.82, 2.24) is 19.8 Å². The molecule has 0 radical (unpaired) electrons. The molecule has 2 aromatic carbocycles. The molecular weight excluding hydrogens is 395 g/mol. The number of hydrogen-bond acceptors (Lipinski definition) is 4. The van der Waals surface area contributed by atoms with Crippen molar-refractivity contribution < 1.29 is 9.18 Å². The summed E-state index contributed by atoms with van der Waals surface area (Å²) >= 11 is 0. The summed E-state index contributed by atoms with van der Waals surface area (Å²) in [6.45, 7) is 7.01. The minimum atomic E-state index is -0.286. The van der Waals surface area contributed by atoms with Crippen molar-refractivity contribution in [2.75, 3.05) is 19.6 Å². The molecule has 0 spiro atoms. The van der Waals surface area contributed by atoms with Gasteiger partial charge in [-0.25, -0.2) is 9.37 Å². The number of halogens is 1. The van der Waals surface area contributed by atoms with Crippen LogP contribution in [0.1, 0.15) is 35.6 Å². The summed E-state index contributed by atoms with van der Waals surface area (Å²) in [6, 6.07) is 11.8. The summed E-state index contributed by atoms with van der Waals surface area (Å²) in [5.74, 6) is 0.247. The third-order valence-electron chi connectivity index (χ3n) is 5.85. The van der Waals surface area contributed by atoms with E-state index in [0.717, 1.165) is 24.5 Å². The highest BCUT2D eigenvalue weighted by Gasteiger charge is 2.19. The van der Waals surface area contributed by atoms with E-state index in [1.165, 1.54) is 12.1 Å². The summed E-state index contributed by atoms with van der Waals surface area (Å²) in [7, 11) is 0. The van der Waals surface area contributed by atoms with Crippen LogP contribution >= 0.6 is 0 Å². The van der Waals surface area contributed by atoms with Crippen LogP contribution in [0.15, 0.2) is 47.3 Å². The third kappa shape index (κ3) is 4.66. The number of carbonyl (C=O) groups excluding carboxylic acids is 1. The Kier molecular flexibility index (Phi) is 6.13. The van der Waals surface area contributed by atoms with Crippen molar-refractivity contribution in [3.8, 4) is 0 Å². The number of amides is 1. The molecule has 3 aromatic rings. The van der Waals surface area contributed by atoms with Crippen molar-refractivity contribution >= 4 is 16.8 Å². The highest BCUT2D eigenvalue weighted by atomic mass is 19.1. The van der Waals surface area contributed by atoms with Crippen molar-refractivity contribution in [3.63, 3.8) is 0 Å². The van der Waals surface area contributed by atoms with E-state index in [1.807, 2.05) is 6.07 Å². The van der Waals surface area contributed by atoms with E-state index in [2.05, 4.69) is 24.1 Å². The molecule has 0 bridgehead atoms. The molecule has 1 aliphatic heterocycles. The van der Waals surface area contributed by atoms with Gasteiger partial charge in [-0.15, -0.1) is 0 Å². The Balaban J connectivity index is 1.51. The van der Waals surface area contributed by atoms with Gasteiger partial charge in [0.15, 0.2) is 0 Å². The Morgan fingerprint density at radius 3 is 2.77 bits per heavy atom.